The van der Waals surface area contributed by atoms with Crippen LogP contribution in [0.5, 0.6) is 0 Å². The molecule has 0 bridgehead atoms. The third kappa shape index (κ3) is 3.62. The van der Waals surface area contributed by atoms with Crippen molar-refractivity contribution in [2.45, 2.75) is 6.42 Å². The van der Waals surface area contributed by atoms with Crippen LogP contribution in [-0.2, 0) is 6.42 Å². The Balaban J connectivity index is 1.89. The van der Waals surface area contributed by atoms with Crippen LogP contribution < -0.4 is 5.32 Å². The Morgan fingerprint density at radius 3 is 2.75 bits per heavy atom. The summed E-state index contributed by atoms with van der Waals surface area (Å²) in [5.41, 5.74) is 1.55. The zero-order chi connectivity index (χ0) is 14.4. The quantitative estimate of drug-likeness (QED) is 0.924. The van der Waals surface area contributed by atoms with Crippen molar-refractivity contribution >= 4 is 5.91 Å². The topological polar surface area (TPSA) is 65.8 Å². The molecule has 5 heteroatoms. The van der Waals surface area contributed by atoms with Gasteiger partial charge in [-0.05, 0) is 36.2 Å². The number of amides is 1. The molecular formula is C15H12FN3O. The minimum Gasteiger partial charge on any atom is -0.352 e. The summed E-state index contributed by atoms with van der Waals surface area (Å²) in [4.78, 5) is 15.6. The summed E-state index contributed by atoms with van der Waals surface area (Å²) in [5, 5.41) is 11.5. The van der Waals surface area contributed by atoms with E-state index in [4.69, 9.17) is 5.26 Å². The molecule has 1 aromatic heterocycles. The van der Waals surface area contributed by atoms with Crippen molar-refractivity contribution in [3.05, 3.63) is 65.2 Å². The van der Waals surface area contributed by atoms with Gasteiger partial charge in [0, 0.05) is 18.3 Å². The van der Waals surface area contributed by atoms with Crippen LogP contribution >= 0.6 is 0 Å². The monoisotopic (exact) mass is 269 g/mol. The van der Waals surface area contributed by atoms with Crippen LogP contribution in [0.1, 0.15) is 21.6 Å². The Morgan fingerprint density at radius 1 is 1.30 bits per heavy atom. The number of nitriles is 1. The number of carbonyl (C=O) groups is 1. The third-order valence-corrected chi connectivity index (χ3v) is 2.75. The molecule has 2 aromatic rings. The van der Waals surface area contributed by atoms with Crippen molar-refractivity contribution in [1.82, 2.24) is 10.3 Å². The maximum absolute atomic E-state index is 12.7. The molecular weight excluding hydrogens is 257 g/mol. The normalized spacial score (nSPS) is 9.80. The SMILES string of the molecule is N#Cc1cc(C(=O)NCCc2ccc(F)cc2)ccn1. The number of nitrogens with one attached hydrogen (secondary N) is 1. The van der Waals surface area contributed by atoms with Crippen molar-refractivity contribution in [1.29, 1.82) is 5.26 Å². The van der Waals surface area contributed by atoms with Gasteiger partial charge in [0.2, 0.25) is 0 Å². The molecule has 0 aliphatic rings. The fourth-order valence-electron chi connectivity index (χ4n) is 1.71. The van der Waals surface area contributed by atoms with E-state index in [0.29, 0.717) is 18.5 Å². The molecule has 1 N–H and O–H groups in total. The maximum Gasteiger partial charge on any atom is 0.251 e. The lowest BCUT2D eigenvalue weighted by molar-refractivity contribution is 0.0954. The van der Waals surface area contributed by atoms with Gasteiger partial charge in [-0.2, -0.15) is 5.26 Å². The molecule has 0 aliphatic carbocycles. The molecule has 2 rings (SSSR count). The van der Waals surface area contributed by atoms with Gasteiger partial charge in [0.15, 0.2) is 0 Å². The summed E-state index contributed by atoms with van der Waals surface area (Å²) < 4.78 is 12.7. The fourth-order valence-corrected chi connectivity index (χ4v) is 1.71. The third-order valence-electron chi connectivity index (χ3n) is 2.75. The van der Waals surface area contributed by atoms with E-state index < -0.39 is 0 Å². The lowest BCUT2D eigenvalue weighted by Gasteiger charge is -2.05. The van der Waals surface area contributed by atoms with Crippen molar-refractivity contribution in [3.63, 3.8) is 0 Å². The van der Waals surface area contributed by atoms with E-state index in [9.17, 15) is 9.18 Å². The highest BCUT2D eigenvalue weighted by molar-refractivity contribution is 5.94. The molecule has 0 unspecified atom stereocenters. The Morgan fingerprint density at radius 2 is 2.05 bits per heavy atom. The van der Waals surface area contributed by atoms with Crippen LogP contribution in [0.25, 0.3) is 0 Å². The van der Waals surface area contributed by atoms with E-state index in [1.165, 1.54) is 24.4 Å². The van der Waals surface area contributed by atoms with Gasteiger partial charge in [-0.3, -0.25) is 4.79 Å². The molecule has 4 nitrogen and oxygen atoms in total. The van der Waals surface area contributed by atoms with Crippen molar-refractivity contribution < 1.29 is 9.18 Å². The molecule has 1 aromatic carbocycles. The number of aromatic nitrogens is 1. The minimum atomic E-state index is -0.279. The van der Waals surface area contributed by atoms with Gasteiger partial charge in [0.1, 0.15) is 17.6 Å². The smallest absolute Gasteiger partial charge is 0.251 e. The molecule has 0 fully saturated rings. The van der Waals surface area contributed by atoms with Crippen LogP contribution in [-0.4, -0.2) is 17.4 Å². The first-order valence-corrected chi connectivity index (χ1v) is 6.08. The molecule has 0 aliphatic heterocycles. The molecule has 0 radical (unpaired) electrons. The van der Waals surface area contributed by atoms with Crippen molar-refractivity contribution in [3.8, 4) is 6.07 Å². The second kappa shape index (κ2) is 6.43. The number of nitrogens with zero attached hydrogens (tertiary/aromatic N) is 2. The lowest BCUT2D eigenvalue weighted by atomic mass is 10.1. The Bertz CT molecular complexity index is 647. The molecule has 1 amide bonds. The molecule has 0 saturated heterocycles. The first kappa shape index (κ1) is 13.7. The van der Waals surface area contributed by atoms with Gasteiger partial charge < -0.3 is 5.32 Å². The fraction of sp³-hybridized carbons (Fsp3) is 0.133. The largest absolute Gasteiger partial charge is 0.352 e. The Hall–Kier alpha value is -2.74. The van der Waals surface area contributed by atoms with Crippen LogP contribution in [0.3, 0.4) is 0 Å². The Kier molecular flexibility index (Phi) is 4.40. The highest BCUT2D eigenvalue weighted by Gasteiger charge is 2.06. The van der Waals surface area contributed by atoms with Crippen LogP contribution in [0.2, 0.25) is 0 Å². The van der Waals surface area contributed by atoms with E-state index in [1.54, 1.807) is 18.2 Å². The van der Waals surface area contributed by atoms with Crippen LogP contribution in [0, 0.1) is 17.1 Å². The number of hydrogen-bond donors (Lipinski definition) is 1. The van der Waals surface area contributed by atoms with E-state index in [1.807, 2.05) is 6.07 Å². The molecule has 0 saturated carbocycles. The van der Waals surface area contributed by atoms with E-state index >= 15 is 0 Å². The zero-order valence-corrected chi connectivity index (χ0v) is 10.6. The molecule has 1 heterocycles. The highest BCUT2D eigenvalue weighted by Crippen LogP contribution is 2.04. The molecule has 0 spiro atoms. The number of carbonyl (C=O) groups excluding carboxylic acids is 1. The standard InChI is InChI=1S/C15H12FN3O/c16-13-3-1-11(2-4-13)5-7-19-15(20)12-6-8-18-14(9-12)10-17/h1-4,6,8-9H,5,7H2,(H,19,20). The van der Waals surface area contributed by atoms with E-state index in [0.717, 1.165) is 5.56 Å². The molecule has 100 valence electrons. The summed E-state index contributed by atoms with van der Waals surface area (Å²) >= 11 is 0. The van der Waals surface area contributed by atoms with Crippen LogP contribution in [0.4, 0.5) is 4.39 Å². The minimum absolute atomic E-state index is 0.205. The number of rotatable bonds is 4. The summed E-state index contributed by atoms with van der Waals surface area (Å²) in [6, 6.07) is 11.0. The number of halogens is 1. The van der Waals surface area contributed by atoms with Gasteiger partial charge in [-0.1, -0.05) is 12.1 Å². The average molecular weight is 269 g/mol. The number of pyridine rings is 1. The lowest BCUT2D eigenvalue weighted by Crippen LogP contribution is -2.25. The van der Waals surface area contributed by atoms with Crippen molar-refractivity contribution in [2.75, 3.05) is 6.54 Å². The number of hydrogen-bond acceptors (Lipinski definition) is 3. The maximum atomic E-state index is 12.7. The number of benzene rings is 1. The zero-order valence-electron chi connectivity index (χ0n) is 10.6. The predicted octanol–water partition coefficient (Wildman–Crippen LogP) is 2.06. The van der Waals surface area contributed by atoms with Gasteiger partial charge in [-0.15, -0.1) is 0 Å². The predicted molar refractivity (Wildman–Crippen MR) is 71.4 cm³/mol. The van der Waals surface area contributed by atoms with Crippen molar-refractivity contribution in [2.24, 2.45) is 0 Å². The van der Waals surface area contributed by atoms with E-state index in [2.05, 4.69) is 10.3 Å². The second-order valence-electron chi connectivity index (χ2n) is 4.17. The molecule has 0 atom stereocenters. The van der Waals surface area contributed by atoms with E-state index in [-0.39, 0.29) is 17.4 Å². The summed E-state index contributed by atoms with van der Waals surface area (Å²) in [6.45, 7) is 0.439. The van der Waals surface area contributed by atoms with Crippen LogP contribution in [0.15, 0.2) is 42.6 Å². The van der Waals surface area contributed by atoms with Gasteiger partial charge in [0.05, 0.1) is 0 Å². The second-order valence-corrected chi connectivity index (χ2v) is 4.17. The Labute approximate surface area is 115 Å². The molecule has 20 heavy (non-hydrogen) atoms. The highest BCUT2D eigenvalue weighted by atomic mass is 19.1. The summed E-state index contributed by atoms with van der Waals surface area (Å²) in [7, 11) is 0. The van der Waals surface area contributed by atoms with Gasteiger partial charge in [0.25, 0.3) is 5.91 Å². The average Bonchev–Trinajstić information content (AvgIpc) is 2.49. The summed E-state index contributed by atoms with van der Waals surface area (Å²) in [5.74, 6) is -0.537. The van der Waals surface area contributed by atoms with Gasteiger partial charge in [-0.25, -0.2) is 9.37 Å². The first-order valence-electron chi connectivity index (χ1n) is 6.08. The summed E-state index contributed by atoms with van der Waals surface area (Å²) in [6.07, 6.45) is 2.04. The first-order chi connectivity index (χ1) is 9.69. The van der Waals surface area contributed by atoms with Gasteiger partial charge >= 0.3 is 0 Å².